The van der Waals surface area contributed by atoms with Crippen LogP contribution >= 0.6 is 0 Å². The first kappa shape index (κ1) is 12.2. The number of hydrogen-bond acceptors (Lipinski definition) is 2. The maximum absolute atomic E-state index is 12.4. The molecule has 0 unspecified atom stereocenters. The normalized spacial score (nSPS) is 36.5. The highest BCUT2D eigenvalue weighted by molar-refractivity contribution is 5.82. The first-order valence-electron chi connectivity index (χ1n) is 7.69. The second-order valence-corrected chi connectivity index (χ2v) is 6.54. The zero-order chi connectivity index (χ0) is 13.7. The predicted octanol–water partition coefficient (Wildman–Crippen LogP) is 2.60. The van der Waals surface area contributed by atoms with E-state index >= 15 is 0 Å². The molecule has 0 saturated heterocycles. The maximum Gasteiger partial charge on any atom is 0.223 e. The highest BCUT2D eigenvalue weighted by Gasteiger charge is 2.67. The van der Waals surface area contributed by atoms with Crippen LogP contribution in [0.2, 0.25) is 0 Å². The molecule has 0 spiro atoms. The van der Waals surface area contributed by atoms with E-state index in [0.717, 1.165) is 23.1 Å². The Balaban J connectivity index is 1.38. The second kappa shape index (κ2) is 4.51. The fraction of sp³-hybridized carbons (Fsp3) is 0.588. The Kier molecular flexibility index (Phi) is 2.76. The Labute approximate surface area is 119 Å². The van der Waals surface area contributed by atoms with Crippen LogP contribution in [-0.4, -0.2) is 13.0 Å². The van der Waals surface area contributed by atoms with Crippen molar-refractivity contribution in [3.63, 3.8) is 0 Å². The van der Waals surface area contributed by atoms with E-state index in [1.807, 2.05) is 24.3 Å². The third-order valence-corrected chi connectivity index (χ3v) is 5.68. The molecule has 1 amide bonds. The molecule has 1 N–H and O–H groups in total. The molecule has 0 radical (unpaired) electrons. The molecule has 106 valence electrons. The number of amides is 1. The van der Waals surface area contributed by atoms with Crippen LogP contribution in [-0.2, 0) is 11.3 Å². The fourth-order valence-electron chi connectivity index (χ4n) is 4.82. The number of para-hydroxylation sites is 1. The van der Waals surface area contributed by atoms with Crippen molar-refractivity contribution in [3.05, 3.63) is 29.8 Å². The number of fused-ring (bicyclic) bond motifs is 5. The van der Waals surface area contributed by atoms with E-state index in [1.54, 1.807) is 7.11 Å². The highest BCUT2D eigenvalue weighted by atomic mass is 16.5. The molecular formula is C17H21NO2. The van der Waals surface area contributed by atoms with Gasteiger partial charge in [0.25, 0.3) is 0 Å². The Morgan fingerprint density at radius 2 is 1.95 bits per heavy atom. The van der Waals surface area contributed by atoms with Crippen LogP contribution in [0.25, 0.3) is 0 Å². The predicted molar refractivity (Wildman–Crippen MR) is 76.1 cm³/mol. The van der Waals surface area contributed by atoms with Crippen molar-refractivity contribution in [3.8, 4) is 5.75 Å². The molecule has 0 aromatic heterocycles. The maximum atomic E-state index is 12.4. The summed E-state index contributed by atoms with van der Waals surface area (Å²) >= 11 is 0. The number of ether oxygens (including phenoxy) is 1. The summed E-state index contributed by atoms with van der Waals surface area (Å²) in [7, 11) is 1.67. The SMILES string of the molecule is COc1ccccc1CNC(=O)C1[C@@H]2[C@H]3CC[C@@H](C3)[C@@H]12. The lowest BCUT2D eigenvalue weighted by molar-refractivity contribution is -0.123. The van der Waals surface area contributed by atoms with Gasteiger partial charge in [0.1, 0.15) is 5.75 Å². The van der Waals surface area contributed by atoms with Crippen LogP contribution in [0.5, 0.6) is 5.75 Å². The van der Waals surface area contributed by atoms with Crippen LogP contribution in [0, 0.1) is 29.6 Å². The van der Waals surface area contributed by atoms with Crippen molar-refractivity contribution in [1.82, 2.24) is 5.32 Å². The van der Waals surface area contributed by atoms with E-state index in [9.17, 15) is 4.79 Å². The van der Waals surface area contributed by atoms with Crippen molar-refractivity contribution >= 4 is 5.91 Å². The molecule has 3 heteroatoms. The number of carbonyl (C=O) groups excluding carboxylic acids is 1. The lowest BCUT2D eigenvalue weighted by Crippen LogP contribution is -2.27. The molecule has 3 aliphatic carbocycles. The topological polar surface area (TPSA) is 38.3 Å². The van der Waals surface area contributed by atoms with E-state index < -0.39 is 0 Å². The number of hydrogen-bond donors (Lipinski definition) is 1. The molecule has 2 bridgehead atoms. The van der Waals surface area contributed by atoms with E-state index in [0.29, 0.717) is 24.3 Å². The summed E-state index contributed by atoms with van der Waals surface area (Å²) in [5, 5.41) is 3.11. The number of rotatable bonds is 4. The average molecular weight is 271 g/mol. The number of benzene rings is 1. The van der Waals surface area contributed by atoms with Crippen LogP contribution in [0.4, 0.5) is 0 Å². The van der Waals surface area contributed by atoms with Crippen molar-refractivity contribution < 1.29 is 9.53 Å². The molecule has 20 heavy (non-hydrogen) atoms. The quantitative estimate of drug-likeness (QED) is 0.914. The van der Waals surface area contributed by atoms with Gasteiger partial charge in [0.2, 0.25) is 5.91 Å². The standard InChI is InChI=1S/C17H21NO2/c1-20-13-5-3-2-4-12(13)9-18-17(19)16-14-10-6-7-11(8-10)15(14)16/h2-5,10-11,14-16H,6-9H2,1H3,(H,18,19)/t10-,11-,14+,15+/m0/s1. The second-order valence-electron chi connectivity index (χ2n) is 6.54. The summed E-state index contributed by atoms with van der Waals surface area (Å²) in [6.07, 6.45) is 4.12. The highest BCUT2D eigenvalue weighted by Crippen LogP contribution is 2.69. The lowest BCUT2D eigenvalue weighted by atomic mass is 10.0. The Bertz CT molecular complexity index is 526. The Morgan fingerprint density at radius 1 is 1.25 bits per heavy atom. The zero-order valence-corrected chi connectivity index (χ0v) is 11.8. The fourth-order valence-corrected chi connectivity index (χ4v) is 4.82. The van der Waals surface area contributed by atoms with Crippen molar-refractivity contribution in [2.45, 2.75) is 25.8 Å². The van der Waals surface area contributed by atoms with Crippen LogP contribution in [0.1, 0.15) is 24.8 Å². The van der Waals surface area contributed by atoms with Crippen molar-refractivity contribution in [2.75, 3.05) is 7.11 Å². The number of methoxy groups -OCH3 is 1. The van der Waals surface area contributed by atoms with Crippen molar-refractivity contribution in [2.24, 2.45) is 29.6 Å². The van der Waals surface area contributed by atoms with Gasteiger partial charge in [-0.1, -0.05) is 18.2 Å². The number of nitrogens with one attached hydrogen (secondary N) is 1. The molecule has 0 heterocycles. The average Bonchev–Trinajstić information content (AvgIpc) is 2.93. The van der Waals surface area contributed by atoms with Gasteiger partial charge in [-0.3, -0.25) is 4.79 Å². The third kappa shape index (κ3) is 1.75. The van der Waals surface area contributed by atoms with Crippen LogP contribution in [0.3, 0.4) is 0 Å². The molecule has 1 aromatic carbocycles. The van der Waals surface area contributed by atoms with E-state index in [-0.39, 0.29) is 5.91 Å². The Hall–Kier alpha value is -1.51. The van der Waals surface area contributed by atoms with Crippen LogP contribution in [0.15, 0.2) is 24.3 Å². The molecular weight excluding hydrogens is 250 g/mol. The summed E-state index contributed by atoms with van der Waals surface area (Å²) < 4.78 is 5.32. The molecule has 4 atom stereocenters. The summed E-state index contributed by atoms with van der Waals surface area (Å²) in [6.45, 7) is 0.578. The summed E-state index contributed by atoms with van der Waals surface area (Å²) in [4.78, 5) is 12.4. The van der Waals surface area contributed by atoms with Gasteiger partial charge in [0, 0.05) is 18.0 Å². The largest absolute Gasteiger partial charge is 0.496 e. The molecule has 0 aliphatic heterocycles. The first-order chi connectivity index (χ1) is 9.79. The van der Waals surface area contributed by atoms with Gasteiger partial charge in [-0.25, -0.2) is 0 Å². The summed E-state index contributed by atoms with van der Waals surface area (Å²) in [5.74, 6) is 4.57. The van der Waals surface area contributed by atoms with Gasteiger partial charge in [-0.05, 0) is 49.0 Å². The lowest BCUT2D eigenvalue weighted by Gasteiger charge is -2.11. The van der Waals surface area contributed by atoms with Gasteiger partial charge >= 0.3 is 0 Å². The van der Waals surface area contributed by atoms with Gasteiger partial charge < -0.3 is 10.1 Å². The van der Waals surface area contributed by atoms with Crippen LogP contribution < -0.4 is 10.1 Å². The number of carbonyl (C=O) groups is 1. The van der Waals surface area contributed by atoms with E-state index in [2.05, 4.69) is 5.32 Å². The molecule has 3 nitrogen and oxygen atoms in total. The minimum Gasteiger partial charge on any atom is -0.496 e. The van der Waals surface area contributed by atoms with E-state index in [1.165, 1.54) is 19.3 Å². The van der Waals surface area contributed by atoms with E-state index in [4.69, 9.17) is 4.74 Å². The Morgan fingerprint density at radius 3 is 2.65 bits per heavy atom. The molecule has 3 aliphatic rings. The summed E-state index contributed by atoms with van der Waals surface area (Å²) in [5.41, 5.74) is 1.05. The summed E-state index contributed by atoms with van der Waals surface area (Å²) in [6, 6.07) is 7.88. The van der Waals surface area contributed by atoms with Gasteiger partial charge in [-0.2, -0.15) is 0 Å². The monoisotopic (exact) mass is 271 g/mol. The molecule has 3 saturated carbocycles. The smallest absolute Gasteiger partial charge is 0.223 e. The molecule has 1 aromatic rings. The zero-order valence-electron chi connectivity index (χ0n) is 11.8. The minimum atomic E-state index is 0.266. The minimum absolute atomic E-state index is 0.266. The third-order valence-electron chi connectivity index (χ3n) is 5.68. The van der Waals surface area contributed by atoms with Crippen molar-refractivity contribution in [1.29, 1.82) is 0 Å². The first-order valence-corrected chi connectivity index (χ1v) is 7.69. The molecule has 4 rings (SSSR count). The van der Waals surface area contributed by atoms with Gasteiger partial charge in [0.05, 0.1) is 7.11 Å². The van der Waals surface area contributed by atoms with Gasteiger partial charge in [-0.15, -0.1) is 0 Å². The molecule has 3 fully saturated rings. The van der Waals surface area contributed by atoms with Gasteiger partial charge in [0.15, 0.2) is 0 Å².